The highest BCUT2D eigenvalue weighted by Gasteiger charge is 2.32. The molecule has 1 aromatic rings. The molecule has 0 aromatic carbocycles. The van der Waals surface area contributed by atoms with Gasteiger partial charge in [0, 0.05) is 19.4 Å². The molecular formula is C19H29NO6. The number of amides is 1. The minimum atomic E-state index is -0.753. The summed E-state index contributed by atoms with van der Waals surface area (Å²) in [5, 5.41) is 18.7. The SMILES string of the molecule is O=C(O)CCCCCCC1COC(=O)N1CCC(O)CCc1ccco1. The molecular weight excluding hydrogens is 338 g/mol. The Morgan fingerprint density at radius 3 is 2.81 bits per heavy atom. The van der Waals surface area contributed by atoms with E-state index >= 15 is 0 Å². The quantitative estimate of drug-likeness (QED) is 0.519. The van der Waals surface area contributed by atoms with E-state index in [0.29, 0.717) is 38.8 Å². The predicted octanol–water partition coefficient (Wildman–Crippen LogP) is 3.21. The number of carboxylic acids is 1. The number of carboxylic acid groups (broad SMARTS) is 1. The summed E-state index contributed by atoms with van der Waals surface area (Å²) in [6, 6.07) is 3.77. The molecule has 26 heavy (non-hydrogen) atoms. The monoisotopic (exact) mass is 367 g/mol. The highest BCUT2D eigenvalue weighted by Crippen LogP contribution is 2.20. The molecule has 7 nitrogen and oxygen atoms in total. The second-order valence-corrected chi connectivity index (χ2v) is 6.83. The third-order valence-electron chi connectivity index (χ3n) is 4.76. The number of carbonyl (C=O) groups is 2. The molecule has 2 rings (SSSR count). The topological polar surface area (TPSA) is 100 Å². The number of ether oxygens (including phenoxy) is 1. The Hall–Kier alpha value is -2.02. The summed E-state index contributed by atoms with van der Waals surface area (Å²) in [5.41, 5.74) is 0. The Labute approximate surface area is 153 Å². The van der Waals surface area contributed by atoms with Crippen LogP contribution in [0.3, 0.4) is 0 Å². The van der Waals surface area contributed by atoms with Gasteiger partial charge >= 0.3 is 12.1 Å². The largest absolute Gasteiger partial charge is 0.481 e. The molecule has 0 aliphatic carbocycles. The van der Waals surface area contributed by atoms with Gasteiger partial charge in [-0.3, -0.25) is 4.79 Å². The van der Waals surface area contributed by atoms with E-state index in [4.69, 9.17) is 14.3 Å². The van der Waals surface area contributed by atoms with E-state index in [2.05, 4.69) is 0 Å². The van der Waals surface area contributed by atoms with Crippen LogP contribution in [0.25, 0.3) is 0 Å². The first kappa shape index (κ1) is 20.3. The maximum absolute atomic E-state index is 11.9. The third-order valence-corrected chi connectivity index (χ3v) is 4.76. The summed E-state index contributed by atoms with van der Waals surface area (Å²) < 4.78 is 10.4. The Bertz CT molecular complexity index is 544. The lowest BCUT2D eigenvalue weighted by atomic mass is 10.1. The molecule has 0 bridgehead atoms. The van der Waals surface area contributed by atoms with E-state index in [-0.39, 0.29) is 18.6 Å². The number of carbonyl (C=O) groups excluding carboxylic acids is 1. The van der Waals surface area contributed by atoms with Crippen molar-refractivity contribution >= 4 is 12.1 Å². The van der Waals surface area contributed by atoms with E-state index in [1.807, 2.05) is 12.1 Å². The number of unbranched alkanes of at least 4 members (excludes halogenated alkanes) is 3. The zero-order chi connectivity index (χ0) is 18.8. The van der Waals surface area contributed by atoms with Crippen LogP contribution in [0, 0.1) is 0 Å². The molecule has 1 aliphatic heterocycles. The third kappa shape index (κ3) is 7.07. The van der Waals surface area contributed by atoms with Crippen LogP contribution in [-0.4, -0.2) is 52.5 Å². The molecule has 146 valence electrons. The Kier molecular flexibility index (Phi) is 8.47. The Morgan fingerprint density at radius 1 is 1.27 bits per heavy atom. The molecule has 7 heteroatoms. The van der Waals surface area contributed by atoms with Crippen molar-refractivity contribution in [3.8, 4) is 0 Å². The first-order chi connectivity index (χ1) is 12.6. The summed E-state index contributed by atoms with van der Waals surface area (Å²) in [6.07, 6.45) is 7.18. The zero-order valence-electron chi connectivity index (χ0n) is 15.1. The van der Waals surface area contributed by atoms with E-state index in [1.165, 1.54) is 0 Å². The zero-order valence-corrected chi connectivity index (χ0v) is 15.1. The number of rotatable bonds is 13. The fraction of sp³-hybridized carbons (Fsp3) is 0.684. The number of aryl methyl sites for hydroxylation is 1. The van der Waals surface area contributed by atoms with Gasteiger partial charge < -0.3 is 24.3 Å². The average Bonchev–Trinajstić information content (AvgIpc) is 3.24. The summed E-state index contributed by atoms with van der Waals surface area (Å²) in [5.74, 6) is 0.0991. The van der Waals surface area contributed by atoms with Crippen LogP contribution in [0.15, 0.2) is 22.8 Å². The molecule has 1 saturated heterocycles. The lowest BCUT2D eigenvalue weighted by Crippen LogP contribution is -2.35. The van der Waals surface area contributed by atoms with Crippen LogP contribution in [0.5, 0.6) is 0 Å². The highest BCUT2D eigenvalue weighted by molar-refractivity contribution is 5.70. The van der Waals surface area contributed by atoms with Gasteiger partial charge in [-0.2, -0.15) is 0 Å². The number of hydrogen-bond acceptors (Lipinski definition) is 5. The normalized spacial score (nSPS) is 18.1. The van der Waals surface area contributed by atoms with E-state index in [1.54, 1.807) is 11.2 Å². The summed E-state index contributed by atoms with van der Waals surface area (Å²) in [4.78, 5) is 24.1. The Balaban J connectivity index is 1.62. The van der Waals surface area contributed by atoms with Crippen LogP contribution in [-0.2, 0) is 16.0 Å². The molecule has 1 aromatic heterocycles. The van der Waals surface area contributed by atoms with Gasteiger partial charge in [-0.15, -0.1) is 0 Å². The number of aliphatic carboxylic acids is 1. The van der Waals surface area contributed by atoms with E-state index in [9.17, 15) is 14.7 Å². The number of aliphatic hydroxyl groups is 1. The van der Waals surface area contributed by atoms with Gasteiger partial charge in [0.25, 0.3) is 0 Å². The van der Waals surface area contributed by atoms with Gasteiger partial charge in [0.05, 0.1) is 18.4 Å². The van der Waals surface area contributed by atoms with E-state index in [0.717, 1.165) is 31.4 Å². The molecule has 2 atom stereocenters. The first-order valence-electron chi connectivity index (χ1n) is 9.42. The molecule has 1 aliphatic rings. The minimum Gasteiger partial charge on any atom is -0.481 e. The lowest BCUT2D eigenvalue weighted by Gasteiger charge is -2.22. The standard InChI is InChI=1S/C19H29NO6/c21-16(9-10-17-7-5-13-25-17)11-12-20-15(14-26-19(20)24)6-3-1-2-4-8-18(22)23/h5,7,13,15-16,21H,1-4,6,8-12,14H2,(H,22,23). The molecule has 1 amide bonds. The van der Waals surface area contributed by atoms with Crippen LogP contribution in [0.2, 0.25) is 0 Å². The van der Waals surface area contributed by atoms with Crippen molar-refractivity contribution in [1.82, 2.24) is 4.90 Å². The fourth-order valence-electron chi connectivity index (χ4n) is 3.21. The molecule has 2 heterocycles. The summed E-state index contributed by atoms with van der Waals surface area (Å²) in [7, 11) is 0. The van der Waals surface area contributed by atoms with Gasteiger partial charge in [-0.25, -0.2) is 4.79 Å². The van der Waals surface area contributed by atoms with Gasteiger partial charge in [-0.05, 0) is 37.8 Å². The maximum Gasteiger partial charge on any atom is 0.410 e. The second kappa shape index (κ2) is 10.9. The molecule has 0 spiro atoms. The highest BCUT2D eigenvalue weighted by atomic mass is 16.6. The number of hydrogen-bond donors (Lipinski definition) is 2. The van der Waals surface area contributed by atoms with Gasteiger partial charge in [-0.1, -0.05) is 19.3 Å². The Morgan fingerprint density at radius 2 is 2.08 bits per heavy atom. The van der Waals surface area contributed by atoms with Crippen molar-refractivity contribution in [1.29, 1.82) is 0 Å². The summed E-state index contributed by atoms with van der Waals surface area (Å²) in [6.45, 7) is 0.887. The molecule has 1 fully saturated rings. The molecule has 2 N–H and O–H groups in total. The van der Waals surface area contributed by atoms with Crippen LogP contribution in [0.1, 0.15) is 57.1 Å². The van der Waals surface area contributed by atoms with Crippen molar-refractivity contribution in [2.45, 2.75) is 69.9 Å². The minimum absolute atomic E-state index is 0.0549. The van der Waals surface area contributed by atoms with Crippen molar-refractivity contribution in [3.63, 3.8) is 0 Å². The molecule has 2 unspecified atom stereocenters. The predicted molar refractivity (Wildman–Crippen MR) is 94.8 cm³/mol. The maximum atomic E-state index is 11.9. The molecule has 0 saturated carbocycles. The van der Waals surface area contributed by atoms with Gasteiger partial charge in [0.1, 0.15) is 12.4 Å². The van der Waals surface area contributed by atoms with Crippen LogP contribution < -0.4 is 0 Å². The van der Waals surface area contributed by atoms with Gasteiger partial charge in [0.15, 0.2) is 0 Å². The lowest BCUT2D eigenvalue weighted by molar-refractivity contribution is -0.137. The van der Waals surface area contributed by atoms with Crippen molar-refractivity contribution in [2.24, 2.45) is 0 Å². The summed E-state index contributed by atoms with van der Waals surface area (Å²) >= 11 is 0. The number of cyclic esters (lactones) is 1. The smallest absolute Gasteiger partial charge is 0.410 e. The first-order valence-corrected chi connectivity index (χ1v) is 9.42. The van der Waals surface area contributed by atoms with Crippen LogP contribution >= 0.6 is 0 Å². The number of nitrogens with zero attached hydrogens (tertiary/aromatic N) is 1. The van der Waals surface area contributed by atoms with Crippen molar-refractivity contribution < 1.29 is 29.0 Å². The molecule has 0 radical (unpaired) electrons. The number of furan rings is 1. The number of aliphatic hydroxyl groups excluding tert-OH is 1. The van der Waals surface area contributed by atoms with Crippen molar-refractivity contribution in [2.75, 3.05) is 13.2 Å². The van der Waals surface area contributed by atoms with E-state index < -0.39 is 12.1 Å². The fourth-order valence-corrected chi connectivity index (χ4v) is 3.21. The van der Waals surface area contributed by atoms with Crippen molar-refractivity contribution in [3.05, 3.63) is 24.2 Å². The average molecular weight is 367 g/mol. The van der Waals surface area contributed by atoms with Crippen LogP contribution in [0.4, 0.5) is 4.79 Å². The second-order valence-electron chi connectivity index (χ2n) is 6.83. The van der Waals surface area contributed by atoms with Gasteiger partial charge in [0.2, 0.25) is 0 Å².